The van der Waals surface area contributed by atoms with E-state index in [1.54, 1.807) is 42.6 Å². The third-order valence-corrected chi connectivity index (χ3v) is 4.33. The van der Waals surface area contributed by atoms with Crippen molar-refractivity contribution in [2.45, 2.75) is 0 Å². The molecule has 0 unspecified atom stereocenters. The van der Waals surface area contributed by atoms with Crippen molar-refractivity contribution >= 4 is 17.4 Å². The number of Topliss-reactive ketones (excluding diaryl/α,β-unsaturated/α-hetero) is 1. The van der Waals surface area contributed by atoms with Gasteiger partial charge in [0.2, 0.25) is 0 Å². The number of piperazine rings is 1. The molecule has 0 saturated carbocycles. The maximum atomic E-state index is 12.5. The molecule has 1 fully saturated rings. The highest BCUT2D eigenvalue weighted by Crippen LogP contribution is 2.13. The van der Waals surface area contributed by atoms with E-state index in [0.29, 0.717) is 23.4 Å². The van der Waals surface area contributed by atoms with E-state index in [1.165, 1.54) is 6.20 Å². The monoisotopic (exact) mass is 338 g/mol. The van der Waals surface area contributed by atoms with Crippen LogP contribution in [0, 0.1) is 0 Å². The van der Waals surface area contributed by atoms with E-state index in [2.05, 4.69) is 27.1 Å². The number of carbonyl (C=O) groups is 2. The van der Waals surface area contributed by atoms with Crippen LogP contribution in [0.15, 0.2) is 48.8 Å². The number of nitrogens with one attached hydrogen (secondary N) is 1. The van der Waals surface area contributed by atoms with E-state index >= 15 is 0 Å². The van der Waals surface area contributed by atoms with E-state index in [0.717, 1.165) is 26.2 Å². The van der Waals surface area contributed by atoms with Gasteiger partial charge in [0.25, 0.3) is 5.91 Å². The topological polar surface area (TPSA) is 65.5 Å². The lowest BCUT2D eigenvalue weighted by Gasteiger charge is -2.31. The average molecular weight is 338 g/mol. The third kappa shape index (κ3) is 4.71. The standard InChI is InChI=1S/C19H22N4O2/c1-22-8-10-23(11-9-22)14-18(24)15-4-2-6-17(12-15)21-19(25)16-5-3-7-20-13-16/h2-7,12-13H,8-11,14H2,1H3,(H,21,25). The van der Waals surface area contributed by atoms with Crippen molar-refractivity contribution in [2.24, 2.45) is 0 Å². The molecule has 1 N–H and O–H groups in total. The Kier molecular flexibility index (Phi) is 5.53. The number of amides is 1. The zero-order valence-electron chi connectivity index (χ0n) is 14.3. The van der Waals surface area contributed by atoms with Crippen LogP contribution in [-0.2, 0) is 0 Å². The lowest BCUT2D eigenvalue weighted by molar-refractivity contribution is 0.0876. The van der Waals surface area contributed by atoms with Gasteiger partial charge in [0.1, 0.15) is 0 Å². The Morgan fingerprint density at radius 2 is 1.84 bits per heavy atom. The van der Waals surface area contributed by atoms with E-state index in [9.17, 15) is 9.59 Å². The summed E-state index contributed by atoms with van der Waals surface area (Å²) in [6.07, 6.45) is 3.13. The molecule has 0 bridgehead atoms. The van der Waals surface area contributed by atoms with Crippen molar-refractivity contribution in [3.8, 4) is 0 Å². The molecule has 2 aromatic rings. The number of hydrogen-bond donors (Lipinski definition) is 1. The van der Waals surface area contributed by atoms with Gasteiger partial charge in [-0.1, -0.05) is 12.1 Å². The van der Waals surface area contributed by atoms with E-state index < -0.39 is 0 Å². The Hall–Kier alpha value is -2.57. The smallest absolute Gasteiger partial charge is 0.257 e. The van der Waals surface area contributed by atoms with Crippen LogP contribution in [0.1, 0.15) is 20.7 Å². The molecule has 130 valence electrons. The Morgan fingerprint density at radius 1 is 1.08 bits per heavy atom. The van der Waals surface area contributed by atoms with Gasteiger partial charge in [0.05, 0.1) is 12.1 Å². The molecule has 1 saturated heterocycles. The van der Waals surface area contributed by atoms with Crippen molar-refractivity contribution in [1.29, 1.82) is 0 Å². The molecular formula is C19H22N4O2. The van der Waals surface area contributed by atoms with Gasteiger partial charge >= 0.3 is 0 Å². The Labute approximate surface area is 147 Å². The summed E-state index contributed by atoms with van der Waals surface area (Å²) < 4.78 is 0. The molecule has 6 heteroatoms. The molecule has 2 heterocycles. The van der Waals surface area contributed by atoms with Crippen LogP contribution in [0.5, 0.6) is 0 Å². The summed E-state index contributed by atoms with van der Waals surface area (Å²) in [5, 5.41) is 2.81. The zero-order chi connectivity index (χ0) is 17.6. The first kappa shape index (κ1) is 17.3. The first-order valence-corrected chi connectivity index (χ1v) is 8.37. The number of nitrogens with zero attached hydrogens (tertiary/aromatic N) is 3. The van der Waals surface area contributed by atoms with E-state index in [1.807, 2.05) is 0 Å². The molecule has 1 aromatic heterocycles. The molecular weight excluding hydrogens is 316 g/mol. The SMILES string of the molecule is CN1CCN(CC(=O)c2cccc(NC(=O)c3cccnc3)c2)CC1. The maximum absolute atomic E-state index is 12.5. The Balaban J connectivity index is 1.63. The number of ketones is 1. The average Bonchev–Trinajstić information content (AvgIpc) is 2.64. The van der Waals surface area contributed by atoms with Gasteiger partial charge in [-0.2, -0.15) is 0 Å². The van der Waals surface area contributed by atoms with E-state index in [4.69, 9.17) is 0 Å². The predicted octanol–water partition coefficient (Wildman–Crippen LogP) is 1.76. The van der Waals surface area contributed by atoms with Gasteiger partial charge in [-0.15, -0.1) is 0 Å². The second kappa shape index (κ2) is 8.00. The summed E-state index contributed by atoms with van der Waals surface area (Å²) in [5.74, 6) is -0.168. The number of aromatic nitrogens is 1. The highest BCUT2D eigenvalue weighted by Gasteiger charge is 2.17. The summed E-state index contributed by atoms with van der Waals surface area (Å²) in [5.41, 5.74) is 1.71. The van der Waals surface area contributed by atoms with Crippen molar-refractivity contribution in [3.05, 3.63) is 59.9 Å². The third-order valence-electron chi connectivity index (χ3n) is 4.33. The summed E-state index contributed by atoms with van der Waals surface area (Å²) in [4.78, 5) is 33.1. The zero-order valence-corrected chi connectivity index (χ0v) is 14.3. The fourth-order valence-electron chi connectivity index (χ4n) is 2.77. The minimum atomic E-state index is -0.239. The highest BCUT2D eigenvalue weighted by atomic mass is 16.1. The van der Waals surface area contributed by atoms with Gasteiger partial charge < -0.3 is 10.2 Å². The maximum Gasteiger partial charge on any atom is 0.257 e. The Morgan fingerprint density at radius 3 is 2.56 bits per heavy atom. The number of likely N-dealkylation sites (N-methyl/N-ethyl adjacent to an activating group) is 1. The number of hydrogen-bond acceptors (Lipinski definition) is 5. The lowest BCUT2D eigenvalue weighted by Crippen LogP contribution is -2.46. The highest BCUT2D eigenvalue weighted by molar-refractivity contribution is 6.05. The van der Waals surface area contributed by atoms with Crippen molar-refractivity contribution in [1.82, 2.24) is 14.8 Å². The molecule has 6 nitrogen and oxygen atoms in total. The summed E-state index contributed by atoms with van der Waals surface area (Å²) in [6.45, 7) is 4.18. The Bertz CT molecular complexity index is 740. The molecule has 0 spiro atoms. The van der Waals surface area contributed by atoms with Crippen LogP contribution in [0.4, 0.5) is 5.69 Å². The normalized spacial score (nSPS) is 15.7. The number of pyridine rings is 1. The van der Waals surface area contributed by atoms with Crippen LogP contribution in [0.25, 0.3) is 0 Å². The number of anilines is 1. The summed E-state index contributed by atoms with van der Waals surface area (Å²) in [7, 11) is 2.09. The molecule has 1 amide bonds. The van der Waals surface area contributed by atoms with Crippen LogP contribution >= 0.6 is 0 Å². The molecule has 25 heavy (non-hydrogen) atoms. The van der Waals surface area contributed by atoms with Crippen LogP contribution in [0.3, 0.4) is 0 Å². The molecule has 0 atom stereocenters. The molecule has 0 aliphatic carbocycles. The summed E-state index contributed by atoms with van der Waals surface area (Å²) >= 11 is 0. The molecule has 1 aliphatic heterocycles. The molecule has 0 radical (unpaired) electrons. The van der Waals surface area contributed by atoms with Gasteiger partial charge in [-0.05, 0) is 31.3 Å². The second-order valence-corrected chi connectivity index (χ2v) is 6.28. The lowest BCUT2D eigenvalue weighted by atomic mass is 10.1. The molecule has 3 rings (SSSR count). The number of benzene rings is 1. The quantitative estimate of drug-likeness (QED) is 0.842. The van der Waals surface area contributed by atoms with E-state index in [-0.39, 0.29) is 11.7 Å². The first-order chi connectivity index (χ1) is 12.1. The largest absolute Gasteiger partial charge is 0.322 e. The first-order valence-electron chi connectivity index (χ1n) is 8.37. The molecule has 1 aliphatic rings. The minimum Gasteiger partial charge on any atom is -0.322 e. The predicted molar refractivity (Wildman–Crippen MR) is 96.9 cm³/mol. The second-order valence-electron chi connectivity index (χ2n) is 6.28. The fourth-order valence-corrected chi connectivity index (χ4v) is 2.77. The fraction of sp³-hybridized carbons (Fsp3) is 0.316. The van der Waals surface area contributed by atoms with Gasteiger partial charge in [0.15, 0.2) is 5.78 Å². The van der Waals surface area contributed by atoms with Crippen molar-refractivity contribution < 1.29 is 9.59 Å². The number of carbonyl (C=O) groups excluding carboxylic acids is 2. The van der Waals surface area contributed by atoms with Gasteiger partial charge in [-0.25, -0.2) is 0 Å². The van der Waals surface area contributed by atoms with Crippen LogP contribution in [0.2, 0.25) is 0 Å². The van der Waals surface area contributed by atoms with Crippen molar-refractivity contribution in [3.63, 3.8) is 0 Å². The van der Waals surface area contributed by atoms with Crippen LogP contribution in [-0.4, -0.2) is 66.2 Å². The van der Waals surface area contributed by atoms with Gasteiger partial charge in [-0.3, -0.25) is 19.5 Å². The van der Waals surface area contributed by atoms with Gasteiger partial charge in [0, 0.05) is 49.8 Å². The van der Waals surface area contributed by atoms with Crippen LogP contribution < -0.4 is 5.32 Å². The van der Waals surface area contributed by atoms with Crippen molar-refractivity contribution in [2.75, 3.05) is 45.1 Å². The minimum absolute atomic E-state index is 0.0713. The molecule has 1 aromatic carbocycles. The summed E-state index contributed by atoms with van der Waals surface area (Å²) in [6, 6.07) is 10.5. The number of rotatable bonds is 5.